The first-order valence-electron chi connectivity index (χ1n) is 4.90. The molecule has 0 bridgehead atoms. The molecule has 0 aliphatic heterocycles. The van der Waals surface area contributed by atoms with E-state index in [1.807, 2.05) is 6.92 Å². The Balaban J connectivity index is 2.39. The molecule has 0 aliphatic rings. The van der Waals surface area contributed by atoms with Crippen LogP contribution >= 0.6 is 11.6 Å². The van der Waals surface area contributed by atoms with Crippen molar-refractivity contribution in [1.82, 2.24) is 14.8 Å². The van der Waals surface area contributed by atoms with Crippen LogP contribution in [0.4, 0.5) is 0 Å². The summed E-state index contributed by atoms with van der Waals surface area (Å²) in [6.45, 7) is 2.59. The minimum absolute atomic E-state index is 0.0938. The number of ketones is 1. The fourth-order valence-electron chi connectivity index (χ4n) is 1.47. The van der Waals surface area contributed by atoms with E-state index < -0.39 is 0 Å². The smallest absolute Gasteiger partial charge is 0.211 e. The zero-order valence-corrected chi connectivity index (χ0v) is 9.48. The molecule has 0 spiro atoms. The van der Waals surface area contributed by atoms with Crippen LogP contribution in [0.5, 0.6) is 0 Å². The maximum Gasteiger partial charge on any atom is 0.211 e. The summed E-state index contributed by atoms with van der Waals surface area (Å²) in [6.07, 6.45) is 3.13. The van der Waals surface area contributed by atoms with Gasteiger partial charge in [0.25, 0.3) is 0 Å². The van der Waals surface area contributed by atoms with E-state index in [2.05, 4.69) is 10.1 Å². The predicted molar refractivity (Wildman–Crippen MR) is 60.6 cm³/mol. The normalized spacial score (nSPS) is 10.4. The van der Waals surface area contributed by atoms with Crippen LogP contribution in [-0.4, -0.2) is 20.5 Å². The quantitative estimate of drug-likeness (QED) is 0.605. The molecule has 4 nitrogen and oxygen atoms in total. The van der Waals surface area contributed by atoms with Crippen LogP contribution in [0.15, 0.2) is 30.6 Å². The molecule has 0 radical (unpaired) electrons. The Bertz CT molecular complexity index is 521. The molecule has 2 rings (SSSR count). The molecule has 2 aromatic heterocycles. The molecule has 0 saturated heterocycles. The average Bonchev–Trinajstić information content (AvgIpc) is 2.76. The molecule has 5 heteroatoms. The van der Waals surface area contributed by atoms with Gasteiger partial charge in [-0.15, -0.1) is 0 Å². The van der Waals surface area contributed by atoms with Crippen molar-refractivity contribution in [3.8, 4) is 0 Å². The lowest BCUT2D eigenvalue weighted by Crippen LogP contribution is -2.10. The number of aryl methyl sites for hydroxylation is 1. The monoisotopic (exact) mass is 235 g/mol. The molecule has 0 unspecified atom stereocenters. The third-order valence-corrected chi connectivity index (χ3v) is 2.44. The van der Waals surface area contributed by atoms with Gasteiger partial charge in [0.1, 0.15) is 10.8 Å². The van der Waals surface area contributed by atoms with E-state index in [9.17, 15) is 4.79 Å². The van der Waals surface area contributed by atoms with Crippen molar-refractivity contribution < 1.29 is 4.79 Å². The summed E-state index contributed by atoms with van der Waals surface area (Å²) in [6, 6.07) is 4.89. The molecule has 0 amide bonds. The van der Waals surface area contributed by atoms with Gasteiger partial charge in [0, 0.05) is 24.5 Å². The van der Waals surface area contributed by atoms with E-state index in [1.165, 1.54) is 6.20 Å². The second kappa shape index (κ2) is 4.45. The van der Waals surface area contributed by atoms with Crippen molar-refractivity contribution in [3.05, 3.63) is 47.0 Å². The fraction of sp³-hybridized carbons (Fsp3) is 0.182. The van der Waals surface area contributed by atoms with Gasteiger partial charge in [-0.25, -0.2) is 4.98 Å². The minimum Gasteiger partial charge on any atom is -0.287 e. The van der Waals surface area contributed by atoms with Crippen molar-refractivity contribution in [2.24, 2.45) is 0 Å². The Kier molecular flexibility index (Phi) is 3.01. The summed E-state index contributed by atoms with van der Waals surface area (Å²) in [4.78, 5) is 15.9. The van der Waals surface area contributed by atoms with Gasteiger partial charge >= 0.3 is 0 Å². The molecule has 2 aromatic rings. The second-order valence-electron chi connectivity index (χ2n) is 3.23. The fourth-order valence-corrected chi connectivity index (χ4v) is 1.64. The number of halogens is 1. The number of carbonyl (C=O) groups is 1. The van der Waals surface area contributed by atoms with Gasteiger partial charge in [0.2, 0.25) is 5.78 Å². The number of hydrogen-bond donors (Lipinski definition) is 0. The number of aromatic nitrogens is 3. The standard InChI is InChI=1S/C11H10ClN3O/c1-2-15-9(4-6-14-15)11(16)8-3-5-13-10(12)7-8/h3-7H,2H2,1H3. The molecule has 0 aliphatic carbocycles. The van der Waals surface area contributed by atoms with Gasteiger partial charge in [-0.2, -0.15) is 5.10 Å². The van der Waals surface area contributed by atoms with Crippen molar-refractivity contribution in [2.75, 3.05) is 0 Å². The van der Waals surface area contributed by atoms with Crippen LogP contribution in [0.2, 0.25) is 5.15 Å². The zero-order chi connectivity index (χ0) is 11.5. The molecule has 16 heavy (non-hydrogen) atoms. The van der Waals surface area contributed by atoms with Crippen LogP contribution < -0.4 is 0 Å². The van der Waals surface area contributed by atoms with E-state index in [0.29, 0.717) is 23.0 Å². The van der Waals surface area contributed by atoms with Gasteiger partial charge in [-0.05, 0) is 25.1 Å². The lowest BCUT2D eigenvalue weighted by Gasteiger charge is -2.03. The highest BCUT2D eigenvalue weighted by atomic mass is 35.5. The van der Waals surface area contributed by atoms with Crippen LogP contribution in [0.3, 0.4) is 0 Å². The van der Waals surface area contributed by atoms with E-state index >= 15 is 0 Å². The summed E-state index contributed by atoms with van der Waals surface area (Å²) in [5, 5.41) is 4.36. The first-order chi connectivity index (χ1) is 7.72. The molecule has 82 valence electrons. The van der Waals surface area contributed by atoms with E-state index in [-0.39, 0.29) is 5.78 Å². The molecule has 0 saturated carbocycles. The Morgan fingerprint density at radius 2 is 2.25 bits per heavy atom. The topological polar surface area (TPSA) is 47.8 Å². The van der Waals surface area contributed by atoms with Crippen LogP contribution in [0.1, 0.15) is 23.0 Å². The number of nitrogens with zero attached hydrogens (tertiary/aromatic N) is 3. The summed E-state index contributed by atoms with van der Waals surface area (Å²) in [7, 11) is 0. The molecule has 0 atom stereocenters. The van der Waals surface area contributed by atoms with Crippen LogP contribution in [0, 0.1) is 0 Å². The minimum atomic E-state index is -0.0938. The third kappa shape index (κ3) is 1.97. The maximum absolute atomic E-state index is 12.1. The Morgan fingerprint density at radius 1 is 1.44 bits per heavy atom. The SMILES string of the molecule is CCn1nccc1C(=O)c1ccnc(Cl)c1. The number of hydrogen-bond acceptors (Lipinski definition) is 3. The van der Waals surface area contributed by atoms with Gasteiger partial charge in [-0.3, -0.25) is 9.48 Å². The average molecular weight is 236 g/mol. The molecular weight excluding hydrogens is 226 g/mol. The summed E-state index contributed by atoms with van der Waals surface area (Å²) in [5.41, 5.74) is 1.08. The maximum atomic E-state index is 12.1. The van der Waals surface area contributed by atoms with Crippen LogP contribution in [0.25, 0.3) is 0 Å². The zero-order valence-electron chi connectivity index (χ0n) is 8.72. The lowest BCUT2D eigenvalue weighted by atomic mass is 10.1. The highest BCUT2D eigenvalue weighted by Gasteiger charge is 2.13. The van der Waals surface area contributed by atoms with E-state index in [1.54, 1.807) is 29.1 Å². The van der Waals surface area contributed by atoms with E-state index in [4.69, 9.17) is 11.6 Å². The van der Waals surface area contributed by atoms with Crippen molar-refractivity contribution in [1.29, 1.82) is 0 Å². The Hall–Kier alpha value is -1.68. The predicted octanol–water partition coefficient (Wildman–Crippen LogP) is 2.18. The molecule has 0 fully saturated rings. The van der Waals surface area contributed by atoms with Crippen molar-refractivity contribution in [2.45, 2.75) is 13.5 Å². The van der Waals surface area contributed by atoms with Crippen molar-refractivity contribution >= 4 is 17.4 Å². The van der Waals surface area contributed by atoms with Crippen LogP contribution in [-0.2, 0) is 6.54 Å². The van der Waals surface area contributed by atoms with Gasteiger partial charge < -0.3 is 0 Å². The highest BCUT2D eigenvalue weighted by Crippen LogP contribution is 2.12. The summed E-state index contributed by atoms with van der Waals surface area (Å²) >= 11 is 5.74. The summed E-state index contributed by atoms with van der Waals surface area (Å²) < 4.78 is 1.65. The van der Waals surface area contributed by atoms with Gasteiger partial charge in [-0.1, -0.05) is 11.6 Å². The highest BCUT2D eigenvalue weighted by molar-refractivity contribution is 6.29. The number of pyridine rings is 1. The molecule has 2 heterocycles. The molecule has 0 N–H and O–H groups in total. The number of rotatable bonds is 3. The largest absolute Gasteiger partial charge is 0.287 e. The first kappa shape index (κ1) is 10.8. The first-order valence-corrected chi connectivity index (χ1v) is 5.28. The third-order valence-electron chi connectivity index (χ3n) is 2.24. The van der Waals surface area contributed by atoms with Gasteiger partial charge in [0.05, 0.1) is 0 Å². The molecule has 0 aromatic carbocycles. The van der Waals surface area contributed by atoms with E-state index in [0.717, 1.165) is 0 Å². The Labute approximate surface area is 97.9 Å². The van der Waals surface area contributed by atoms with Crippen molar-refractivity contribution in [3.63, 3.8) is 0 Å². The second-order valence-corrected chi connectivity index (χ2v) is 3.62. The molecular formula is C11H10ClN3O. The summed E-state index contributed by atoms with van der Waals surface area (Å²) in [5.74, 6) is -0.0938. The number of carbonyl (C=O) groups excluding carboxylic acids is 1. The van der Waals surface area contributed by atoms with Gasteiger partial charge in [0.15, 0.2) is 0 Å². The lowest BCUT2D eigenvalue weighted by molar-refractivity contribution is 0.102. The Morgan fingerprint density at radius 3 is 2.94 bits per heavy atom.